The predicted molar refractivity (Wildman–Crippen MR) is 131 cm³/mol. The second-order valence-electron chi connectivity index (χ2n) is 7.88. The molecule has 0 aliphatic heterocycles. The zero-order valence-corrected chi connectivity index (χ0v) is 21.2. The normalized spacial score (nSPS) is 12.8. The van der Waals surface area contributed by atoms with E-state index in [0.717, 1.165) is 17.5 Å². The standard InChI is InChI=1S/C24H29Cl3N2O3/c1-6-16(4)28-24(31)17(5)29(12-19-20(25)8-7-9-21(19)26)22(30)13-32-18-10-14(2)23(27)15(3)11-18/h7-11,16-17H,6,12-13H2,1-5H3,(H,28,31)/t16-,17+/m1/s1. The molecule has 32 heavy (non-hydrogen) atoms. The Morgan fingerprint density at radius 3 is 2.16 bits per heavy atom. The summed E-state index contributed by atoms with van der Waals surface area (Å²) in [5.41, 5.74) is 2.29. The van der Waals surface area contributed by atoms with E-state index in [1.165, 1.54) is 4.90 Å². The Morgan fingerprint density at radius 1 is 1.06 bits per heavy atom. The van der Waals surface area contributed by atoms with Gasteiger partial charge in [-0.15, -0.1) is 0 Å². The van der Waals surface area contributed by atoms with Crippen molar-refractivity contribution in [2.24, 2.45) is 0 Å². The van der Waals surface area contributed by atoms with Crippen molar-refractivity contribution in [2.75, 3.05) is 6.61 Å². The van der Waals surface area contributed by atoms with Crippen molar-refractivity contribution in [1.82, 2.24) is 10.2 Å². The molecule has 0 heterocycles. The minimum absolute atomic E-state index is 0.0120. The van der Waals surface area contributed by atoms with Crippen molar-refractivity contribution in [3.05, 3.63) is 62.1 Å². The molecule has 0 fully saturated rings. The Labute approximate surface area is 205 Å². The summed E-state index contributed by atoms with van der Waals surface area (Å²) < 4.78 is 5.75. The highest BCUT2D eigenvalue weighted by molar-refractivity contribution is 6.36. The summed E-state index contributed by atoms with van der Waals surface area (Å²) >= 11 is 18.9. The lowest BCUT2D eigenvalue weighted by Gasteiger charge is -2.30. The molecule has 0 spiro atoms. The number of carbonyl (C=O) groups is 2. The average Bonchev–Trinajstić information content (AvgIpc) is 2.74. The molecular formula is C24H29Cl3N2O3. The number of aryl methyl sites for hydroxylation is 2. The van der Waals surface area contributed by atoms with Crippen LogP contribution in [-0.4, -0.2) is 35.4 Å². The van der Waals surface area contributed by atoms with Gasteiger partial charge in [0.1, 0.15) is 11.8 Å². The fourth-order valence-electron chi connectivity index (χ4n) is 3.12. The number of nitrogens with one attached hydrogen (secondary N) is 1. The predicted octanol–water partition coefficient (Wildman–Crippen LogP) is 5.97. The maximum Gasteiger partial charge on any atom is 0.261 e. The second kappa shape index (κ2) is 11.8. The zero-order chi connectivity index (χ0) is 24.0. The van der Waals surface area contributed by atoms with Crippen LogP contribution in [0.25, 0.3) is 0 Å². The van der Waals surface area contributed by atoms with Crippen molar-refractivity contribution in [3.63, 3.8) is 0 Å². The van der Waals surface area contributed by atoms with Gasteiger partial charge in [-0.3, -0.25) is 9.59 Å². The molecule has 174 valence electrons. The minimum atomic E-state index is -0.749. The van der Waals surface area contributed by atoms with Gasteiger partial charge in [-0.2, -0.15) is 0 Å². The second-order valence-corrected chi connectivity index (χ2v) is 9.07. The van der Waals surface area contributed by atoms with Crippen LogP contribution in [0.15, 0.2) is 30.3 Å². The molecule has 8 heteroatoms. The van der Waals surface area contributed by atoms with Crippen molar-refractivity contribution in [1.29, 1.82) is 0 Å². The van der Waals surface area contributed by atoms with Crippen LogP contribution in [0.1, 0.15) is 43.9 Å². The number of hydrogen-bond acceptors (Lipinski definition) is 3. The summed E-state index contributed by atoms with van der Waals surface area (Å²) in [5.74, 6) is -0.0858. The topological polar surface area (TPSA) is 58.6 Å². The molecule has 0 aliphatic rings. The smallest absolute Gasteiger partial charge is 0.261 e. The van der Waals surface area contributed by atoms with Crippen LogP contribution in [-0.2, 0) is 16.1 Å². The van der Waals surface area contributed by atoms with Gasteiger partial charge in [0, 0.05) is 33.2 Å². The van der Waals surface area contributed by atoms with Gasteiger partial charge in [0.15, 0.2) is 6.61 Å². The monoisotopic (exact) mass is 498 g/mol. The summed E-state index contributed by atoms with van der Waals surface area (Å²) in [6.07, 6.45) is 0.779. The van der Waals surface area contributed by atoms with E-state index < -0.39 is 6.04 Å². The highest BCUT2D eigenvalue weighted by Gasteiger charge is 2.28. The first kappa shape index (κ1) is 26.3. The molecule has 0 unspecified atom stereocenters. The molecule has 2 atom stereocenters. The molecule has 0 saturated carbocycles. The molecule has 2 amide bonds. The van der Waals surface area contributed by atoms with Crippen molar-refractivity contribution < 1.29 is 14.3 Å². The summed E-state index contributed by atoms with van der Waals surface area (Å²) in [7, 11) is 0. The summed E-state index contributed by atoms with van der Waals surface area (Å²) in [4.78, 5) is 27.4. The molecule has 5 nitrogen and oxygen atoms in total. The van der Waals surface area contributed by atoms with Crippen LogP contribution in [0.5, 0.6) is 5.75 Å². The van der Waals surface area contributed by atoms with E-state index in [4.69, 9.17) is 39.5 Å². The van der Waals surface area contributed by atoms with Gasteiger partial charge in [-0.05, 0) is 69.5 Å². The largest absolute Gasteiger partial charge is 0.484 e. The molecule has 0 bridgehead atoms. The lowest BCUT2D eigenvalue weighted by molar-refractivity contribution is -0.142. The van der Waals surface area contributed by atoms with Crippen LogP contribution in [0.3, 0.4) is 0 Å². The average molecular weight is 500 g/mol. The molecule has 2 aromatic rings. The van der Waals surface area contributed by atoms with E-state index >= 15 is 0 Å². The summed E-state index contributed by atoms with van der Waals surface area (Å²) in [6, 6.07) is 7.92. The Bertz CT molecular complexity index is 938. The summed E-state index contributed by atoms with van der Waals surface area (Å²) in [5, 5.41) is 4.43. The third-order valence-corrected chi connectivity index (χ3v) is 6.64. The van der Waals surface area contributed by atoms with E-state index in [2.05, 4.69) is 5.32 Å². The molecule has 0 radical (unpaired) electrons. The number of ether oxygens (including phenoxy) is 1. The van der Waals surface area contributed by atoms with E-state index in [1.54, 1.807) is 37.3 Å². The Morgan fingerprint density at radius 2 is 1.62 bits per heavy atom. The first-order valence-corrected chi connectivity index (χ1v) is 11.6. The fraction of sp³-hybridized carbons (Fsp3) is 0.417. The van der Waals surface area contributed by atoms with Crippen molar-refractivity contribution >= 4 is 46.6 Å². The van der Waals surface area contributed by atoms with Crippen LogP contribution in [0.2, 0.25) is 15.1 Å². The van der Waals surface area contributed by atoms with Gasteiger partial charge in [0.2, 0.25) is 5.91 Å². The number of carbonyl (C=O) groups excluding carboxylic acids is 2. The number of halogens is 3. The van der Waals surface area contributed by atoms with Gasteiger partial charge in [-0.25, -0.2) is 0 Å². The first-order valence-electron chi connectivity index (χ1n) is 10.5. The van der Waals surface area contributed by atoms with Gasteiger partial charge < -0.3 is 15.0 Å². The van der Waals surface area contributed by atoms with Crippen LogP contribution < -0.4 is 10.1 Å². The molecule has 1 N–H and O–H groups in total. The maximum absolute atomic E-state index is 13.2. The van der Waals surface area contributed by atoms with Crippen molar-refractivity contribution in [2.45, 2.75) is 59.7 Å². The van der Waals surface area contributed by atoms with E-state index in [0.29, 0.717) is 26.4 Å². The third kappa shape index (κ3) is 6.77. The highest BCUT2D eigenvalue weighted by Crippen LogP contribution is 2.28. The van der Waals surface area contributed by atoms with E-state index in [1.807, 2.05) is 27.7 Å². The molecule has 0 aromatic heterocycles. The van der Waals surface area contributed by atoms with E-state index in [9.17, 15) is 9.59 Å². The zero-order valence-electron chi connectivity index (χ0n) is 19.0. The fourth-order valence-corrected chi connectivity index (χ4v) is 3.75. The lowest BCUT2D eigenvalue weighted by Crippen LogP contribution is -2.50. The molecular weight excluding hydrogens is 471 g/mol. The Balaban J connectivity index is 2.26. The molecule has 2 aromatic carbocycles. The molecule has 2 rings (SSSR count). The first-order chi connectivity index (χ1) is 15.0. The Hall–Kier alpha value is -1.95. The molecule has 0 saturated heterocycles. The SMILES string of the molecule is CC[C@@H](C)NC(=O)[C@H](C)N(Cc1c(Cl)cccc1Cl)C(=O)COc1cc(C)c(Cl)c(C)c1. The van der Waals surface area contributed by atoms with Crippen LogP contribution in [0.4, 0.5) is 0 Å². The van der Waals surface area contributed by atoms with Gasteiger partial charge in [0.25, 0.3) is 5.91 Å². The molecule has 0 aliphatic carbocycles. The Kier molecular flexibility index (Phi) is 9.68. The van der Waals surface area contributed by atoms with Crippen LogP contribution in [0, 0.1) is 13.8 Å². The van der Waals surface area contributed by atoms with E-state index in [-0.39, 0.29) is 31.0 Å². The maximum atomic E-state index is 13.2. The van der Waals surface area contributed by atoms with Gasteiger partial charge in [-0.1, -0.05) is 47.8 Å². The van der Waals surface area contributed by atoms with Gasteiger partial charge in [0.05, 0.1) is 0 Å². The third-order valence-electron chi connectivity index (χ3n) is 5.33. The number of benzene rings is 2. The van der Waals surface area contributed by atoms with Gasteiger partial charge >= 0.3 is 0 Å². The minimum Gasteiger partial charge on any atom is -0.484 e. The number of nitrogens with zero attached hydrogens (tertiary/aromatic N) is 1. The van der Waals surface area contributed by atoms with Crippen molar-refractivity contribution in [3.8, 4) is 5.75 Å². The quantitative estimate of drug-likeness (QED) is 0.462. The van der Waals surface area contributed by atoms with Crippen LogP contribution >= 0.6 is 34.8 Å². The number of amides is 2. The number of hydrogen-bond donors (Lipinski definition) is 1. The summed E-state index contributed by atoms with van der Waals surface area (Å²) in [6.45, 7) is 9.14. The lowest BCUT2D eigenvalue weighted by atomic mass is 10.1. The highest BCUT2D eigenvalue weighted by atomic mass is 35.5. The number of rotatable bonds is 9.